The Labute approximate surface area is 142 Å². The smallest absolute Gasteiger partial charge is 0.0874 e. The van der Waals surface area contributed by atoms with E-state index in [0.717, 1.165) is 0 Å². The fraction of sp³-hybridized carbons (Fsp3) is 1.00. The molecule has 20 heavy (non-hydrogen) atoms. The van der Waals surface area contributed by atoms with E-state index in [0.29, 0.717) is 0 Å². The van der Waals surface area contributed by atoms with Gasteiger partial charge in [-0.1, -0.05) is 139 Å². The van der Waals surface area contributed by atoms with Gasteiger partial charge in [0, 0.05) is 0 Å². The number of unbranched alkanes of at least 4 members (excludes halogenated alkanes) is 13. The second-order valence-electron chi connectivity index (χ2n) is 5.49. The van der Waals surface area contributed by atoms with Gasteiger partial charge in [0.15, 0.2) is 4.30 Å². The van der Waals surface area contributed by atoms with Crippen LogP contribution in [0.1, 0.15) is 104 Å². The van der Waals surface area contributed by atoms with E-state index in [1.807, 2.05) is 0 Å². The van der Waals surface area contributed by atoms with Crippen LogP contribution in [0.2, 0.25) is 0 Å². The maximum Gasteiger partial charge on any atom is 0.180 e. The van der Waals surface area contributed by atoms with Gasteiger partial charge in [-0.05, 0) is 0 Å². The first kappa shape index (κ1) is 23.1. The molecule has 3 heteroatoms. The summed E-state index contributed by atoms with van der Waals surface area (Å²) in [6.45, 7) is 4.58. The SMILES string of the molecule is CCCCCCCCCCCCCCCC.ClC(Cl)Cl. The van der Waals surface area contributed by atoms with Gasteiger partial charge in [-0.2, -0.15) is 0 Å². The van der Waals surface area contributed by atoms with Gasteiger partial charge in [-0.25, -0.2) is 0 Å². The summed E-state index contributed by atoms with van der Waals surface area (Å²) in [6.07, 6.45) is 20.4. The average molecular weight is 346 g/mol. The molecule has 0 aliphatic heterocycles. The van der Waals surface area contributed by atoms with Crippen LogP contribution in [0.25, 0.3) is 0 Å². The normalized spacial score (nSPS) is 10.5. The molecule has 0 rings (SSSR count). The predicted molar refractivity (Wildman–Crippen MR) is 97.3 cm³/mol. The second-order valence-corrected chi connectivity index (χ2v) is 7.47. The lowest BCUT2D eigenvalue weighted by molar-refractivity contribution is 0.538. The molecule has 0 radical (unpaired) electrons. The highest BCUT2D eigenvalue weighted by molar-refractivity contribution is 6.63. The molecule has 0 spiro atoms. The Kier molecular flexibility index (Phi) is 25.6. The molecule has 0 N–H and O–H groups in total. The molecular weight excluding hydrogens is 311 g/mol. The van der Waals surface area contributed by atoms with Crippen molar-refractivity contribution in [2.75, 3.05) is 0 Å². The molecule has 0 fully saturated rings. The first-order valence-corrected chi connectivity index (χ1v) is 9.88. The highest BCUT2D eigenvalue weighted by Crippen LogP contribution is 2.12. The summed E-state index contributed by atoms with van der Waals surface area (Å²) in [7, 11) is 0. The fourth-order valence-corrected chi connectivity index (χ4v) is 2.27. The molecule has 0 unspecified atom stereocenters. The van der Waals surface area contributed by atoms with Crippen molar-refractivity contribution in [3.05, 3.63) is 0 Å². The molecule has 0 amide bonds. The van der Waals surface area contributed by atoms with E-state index < -0.39 is 4.30 Å². The minimum absolute atomic E-state index is 0.750. The van der Waals surface area contributed by atoms with Gasteiger partial charge in [0.1, 0.15) is 0 Å². The van der Waals surface area contributed by atoms with E-state index in [1.54, 1.807) is 0 Å². The minimum Gasteiger partial charge on any atom is -0.0874 e. The van der Waals surface area contributed by atoms with Crippen LogP contribution < -0.4 is 0 Å². The Morgan fingerprint density at radius 3 is 0.750 bits per heavy atom. The van der Waals surface area contributed by atoms with Crippen LogP contribution in [0.15, 0.2) is 0 Å². The zero-order chi connectivity index (χ0) is 15.5. The molecule has 0 atom stereocenters. The largest absolute Gasteiger partial charge is 0.180 e. The van der Waals surface area contributed by atoms with E-state index in [2.05, 4.69) is 13.8 Å². The summed E-state index contributed by atoms with van der Waals surface area (Å²) in [5.74, 6) is 0. The summed E-state index contributed by atoms with van der Waals surface area (Å²) in [5.41, 5.74) is 0. The standard InChI is InChI=1S/C16H34.CHCl3/c1-3-5-7-9-11-13-15-16-14-12-10-8-6-4-2;2-1(3)4/h3-16H2,1-2H3;1H. The number of alkyl halides is 3. The van der Waals surface area contributed by atoms with Crippen molar-refractivity contribution in [2.45, 2.75) is 108 Å². The van der Waals surface area contributed by atoms with Gasteiger partial charge in [0.25, 0.3) is 0 Å². The van der Waals surface area contributed by atoms with Crippen LogP contribution in [0.3, 0.4) is 0 Å². The third-order valence-corrected chi connectivity index (χ3v) is 3.46. The molecule has 0 aromatic carbocycles. The Hall–Kier alpha value is 0.870. The Bertz CT molecular complexity index is 132. The van der Waals surface area contributed by atoms with E-state index in [-0.39, 0.29) is 0 Å². The van der Waals surface area contributed by atoms with Crippen molar-refractivity contribution in [1.82, 2.24) is 0 Å². The molecule has 0 aliphatic carbocycles. The third kappa shape index (κ3) is 31.3. The molecule has 0 aromatic heterocycles. The zero-order valence-electron chi connectivity index (χ0n) is 13.6. The number of rotatable bonds is 13. The van der Waals surface area contributed by atoms with Gasteiger partial charge in [0.2, 0.25) is 0 Å². The van der Waals surface area contributed by atoms with Crippen LogP contribution in [0.5, 0.6) is 0 Å². The van der Waals surface area contributed by atoms with Gasteiger partial charge in [-0.15, -0.1) is 0 Å². The maximum atomic E-state index is 4.81. The summed E-state index contributed by atoms with van der Waals surface area (Å²) >= 11 is 14.4. The van der Waals surface area contributed by atoms with E-state index in [1.165, 1.54) is 89.9 Å². The summed E-state index contributed by atoms with van der Waals surface area (Å²) < 4.78 is -0.750. The highest BCUT2D eigenvalue weighted by atomic mass is 35.6. The zero-order valence-corrected chi connectivity index (χ0v) is 15.9. The number of hydrogen-bond acceptors (Lipinski definition) is 0. The van der Waals surface area contributed by atoms with Crippen molar-refractivity contribution >= 4 is 34.8 Å². The van der Waals surface area contributed by atoms with Gasteiger partial charge < -0.3 is 0 Å². The summed E-state index contributed by atoms with van der Waals surface area (Å²) in [4.78, 5) is 0. The molecule has 0 aliphatic rings. The molecule has 0 saturated heterocycles. The van der Waals surface area contributed by atoms with Crippen molar-refractivity contribution < 1.29 is 0 Å². The van der Waals surface area contributed by atoms with Crippen LogP contribution in [0, 0.1) is 0 Å². The van der Waals surface area contributed by atoms with Crippen molar-refractivity contribution in [3.63, 3.8) is 0 Å². The lowest BCUT2D eigenvalue weighted by Crippen LogP contribution is -1.82. The lowest BCUT2D eigenvalue weighted by atomic mass is 10.0. The first-order chi connectivity index (χ1) is 9.65. The van der Waals surface area contributed by atoms with Crippen LogP contribution in [0.4, 0.5) is 0 Å². The first-order valence-electron chi connectivity index (χ1n) is 8.57. The quantitative estimate of drug-likeness (QED) is 0.232. The monoisotopic (exact) mass is 344 g/mol. The van der Waals surface area contributed by atoms with Crippen molar-refractivity contribution in [1.29, 1.82) is 0 Å². The minimum atomic E-state index is -0.750. The average Bonchev–Trinajstić information content (AvgIpc) is 2.39. The predicted octanol–water partition coefficient (Wildman–Crippen LogP) is 8.47. The van der Waals surface area contributed by atoms with Crippen LogP contribution in [-0.4, -0.2) is 4.30 Å². The molecule has 0 heterocycles. The number of hydrogen-bond donors (Lipinski definition) is 0. The summed E-state index contributed by atoms with van der Waals surface area (Å²) in [6, 6.07) is 0. The number of halogens is 3. The topological polar surface area (TPSA) is 0 Å². The summed E-state index contributed by atoms with van der Waals surface area (Å²) in [5, 5.41) is 0. The molecule has 0 saturated carbocycles. The molecule has 124 valence electrons. The molecular formula is C17H35Cl3. The van der Waals surface area contributed by atoms with Crippen molar-refractivity contribution in [2.24, 2.45) is 0 Å². The van der Waals surface area contributed by atoms with Crippen LogP contribution >= 0.6 is 34.8 Å². The Morgan fingerprint density at radius 1 is 0.450 bits per heavy atom. The fourth-order valence-electron chi connectivity index (χ4n) is 2.27. The van der Waals surface area contributed by atoms with Gasteiger partial charge >= 0.3 is 0 Å². The Balaban J connectivity index is 0. The van der Waals surface area contributed by atoms with E-state index in [4.69, 9.17) is 34.8 Å². The highest BCUT2D eigenvalue weighted by Gasteiger charge is 1.92. The van der Waals surface area contributed by atoms with Gasteiger partial charge in [-0.3, -0.25) is 0 Å². The lowest BCUT2D eigenvalue weighted by Gasteiger charge is -2.02. The molecule has 0 aromatic rings. The van der Waals surface area contributed by atoms with Gasteiger partial charge in [0.05, 0.1) is 0 Å². The molecule has 0 bridgehead atoms. The van der Waals surface area contributed by atoms with E-state index >= 15 is 0 Å². The van der Waals surface area contributed by atoms with E-state index in [9.17, 15) is 0 Å². The van der Waals surface area contributed by atoms with Crippen molar-refractivity contribution in [3.8, 4) is 0 Å². The Morgan fingerprint density at radius 2 is 0.600 bits per heavy atom. The third-order valence-electron chi connectivity index (χ3n) is 3.46. The molecule has 0 nitrogen and oxygen atoms in total. The van der Waals surface area contributed by atoms with Crippen LogP contribution in [-0.2, 0) is 0 Å². The second kappa shape index (κ2) is 22.2. The maximum absolute atomic E-state index is 4.81.